The Labute approximate surface area is 224 Å². The number of benzene rings is 2. The summed E-state index contributed by atoms with van der Waals surface area (Å²) in [4.78, 5) is 53.3. The molecule has 2 aromatic carbocycles. The molecule has 198 valence electrons. The lowest BCUT2D eigenvalue weighted by atomic mass is 10.1. The number of H-pyrrole nitrogens is 1. The van der Waals surface area contributed by atoms with Crippen LogP contribution in [0.5, 0.6) is 0 Å². The number of carbonyl (C=O) groups excluding carboxylic acids is 2. The Morgan fingerprint density at radius 3 is 2.59 bits per heavy atom. The topological polar surface area (TPSA) is 177 Å². The van der Waals surface area contributed by atoms with Crippen LogP contribution in [0, 0.1) is 4.77 Å². The van der Waals surface area contributed by atoms with Gasteiger partial charge < -0.3 is 20.2 Å². The Morgan fingerprint density at radius 2 is 1.87 bits per heavy atom. The number of aromatic carboxylic acids is 1. The fraction of sp³-hybridized carbons (Fsp3) is 0.160. The van der Waals surface area contributed by atoms with Crippen molar-refractivity contribution in [3.8, 4) is 0 Å². The van der Waals surface area contributed by atoms with Gasteiger partial charge >= 0.3 is 11.7 Å². The SMILES string of the molecule is C[C@H](NC(=O)c1cc(C(=O)NCc2ccc3oc(=O)n(C)c3c2)nc2n[nH]c(=S)n12)c1ccc(C(=O)O)cc1. The van der Waals surface area contributed by atoms with E-state index in [1.54, 1.807) is 44.3 Å². The number of hydrogen-bond donors (Lipinski definition) is 4. The summed E-state index contributed by atoms with van der Waals surface area (Å²) in [5.74, 6) is -2.61. The third kappa shape index (κ3) is 4.92. The Kier molecular flexibility index (Phi) is 6.54. The fourth-order valence-corrected chi connectivity index (χ4v) is 4.25. The van der Waals surface area contributed by atoms with Crippen molar-refractivity contribution in [2.45, 2.75) is 19.5 Å². The van der Waals surface area contributed by atoms with E-state index in [2.05, 4.69) is 25.8 Å². The number of carboxylic acids is 1. The number of nitrogens with zero attached hydrogens (tertiary/aromatic N) is 4. The van der Waals surface area contributed by atoms with Crippen LogP contribution in [0.15, 0.2) is 57.7 Å². The van der Waals surface area contributed by atoms with Crippen molar-refractivity contribution in [1.82, 2.24) is 34.8 Å². The molecule has 0 aliphatic heterocycles. The van der Waals surface area contributed by atoms with Crippen LogP contribution >= 0.6 is 12.2 Å². The van der Waals surface area contributed by atoms with Gasteiger partial charge in [0.15, 0.2) is 5.58 Å². The fourth-order valence-electron chi connectivity index (χ4n) is 4.02. The first kappa shape index (κ1) is 25.5. The molecule has 1 atom stereocenters. The van der Waals surface area contributed by atoms with Gasteiger partial charge in [-0.2, -0.15) is 0 Å². The molecule has 0 saturated heterocycles. The first-order chi connectivity index (χ1) is 18.6. The van der Waals surface area contributed by atoms with E-state index in [0.717, 1.165) is 5.56 Å². The van der Waals surface area contributed by atoms with Crippen molar-refractivity contribution >= 4 is 46.9 Å². The average molecular weight is 548 g/mol. The highest BCUT2D eigenvalue weighted by molar-refractivity contribution is 7.71. The average Bonchev–Trinajstić information content (AvgIpc) is 3.44. The molecule has 0 aliphatic rings. The number of aromatic amines is 1. The van der Waals surface area contributed by atoms with Gasteiger partial charge in [-0.15, -0.1) is 5.10 Å². The van der Waals surface area contributed by atoms with Gasteiger partial charge in [-0.05, 0) is 60.6 Å². The molecule has 3 heterocycles. The number of carbonyl (C=O) groups is 3. The molecule has 0 unspecified atom stereocenters. The summed E-state index contributed by atoms with van der Waals surface area (Å²) in [6.45, 7) is 1.86. The van der Waals surface area contributed by atoms with E-state index in [1.165, 1.54) is 27.2 Å². The quantitative estimate of drug-likeness (QED) is 0.223. The van der Waals surface area contributed by atoms with Gasteiger partial charge in [-0.1, -0.05) is 18.2 Å². The predicted octanol–water partition coefficient (Wildman–Crippen LogP) is 2.35. The summed E-state index contributed by atoms with van der Waals surface area (Å²) in [5, 5.41) is 21.3. The minimum absolute atomic E-state index is 0.0334. The molecule has 0 fully saturated rings. The maximum absolute atomic E-state index is 13.3. The number of aryl methyl sites for hydroxylation is 1. The number of aromatic nitrogens is 5. The van der Waals surface area contributed by atoms with E-state index in [-0.39, 0.29) is 34.0 Å². The molecule has 0 spiro atoms. The van der Waals surface area contributed by atoms with Crippen LogP contribution in [0.25, 0.3) is 16.9 Å². The second-order valence-corrected chi connectivity index (χ2v) is 9.11. The molecular weight excluding hydrogens is 526 g/mol. The molecule has 3 aromatic heterocycles. The highest BCUT2D eigenvalue weighted by Gasteiger charge is 2.21. The minimum atomic E-state index is -1.05. The molecule has 13 nitrogen and oxygen atoms in total. The van der Waals surface area contributed by atoms with Gasteiger partial charge in [-0.3, -0.25) is 14.2 Å². The van der Waals surface area contributed by atoms with E-state index in [0.29, 0.717) is 16.7 Å². The largest absolute Gasteiger partial charge is 0.478 e. The zero-order valence-corrected chi connectivity index (χ0v) is 21.4. The molecule has 39 heavy (non-hydrogen) atoms. The Morgan fingerprint density at radius 1 is 1.13 bits per heavy atom. The van der Waals surface area contributed by atoms with Crippen molar-refractivity contribution < 1.29 is 23.9 Å². The summed E-state index contributed by atoms with van der Waals surface area (Å²) in [5.41, 5.74) is 2.52. The number of fused-ring (bicyclic) bond motifs is 2. The second kappa shape index (κ2) is 9.98. The van der Waals surface area contributed by atoms with Crippen molar-refractivity contribution in [2.24, 2.45) is 7.05 Å². The molecule has 0 radical (unpaired) electrons. The van der Waals surface area contributed by atoms with E-state index in [1.807, 2.05) is 0 Å². The maximum atomic E-state index is 13.3. The van der Waals surface area contributed by atoms with Crippen LogP contribution in [0.2, 0.25) is 0 Å². The molecular formula is C25H21N7O6S. The van der Waals surface area contributed by atoms with E-state index in [9.17, 15) is 19.2 Å². The van der Waals surface area contributed by atoms with Crippen LogP contribution in [-0.2, 0) is 13.6 Å². The standard InChI is InChI=1S/C25H21N7O6S/c1-12(14-4-6-15(7-5-14)22(35)36)27-21(34)18-10-16(28-23-29-30-24(39)32(18)23)20(33)26-11-13-3-8-19-17(9-13)31(2)25(37)38-19/h3-10,12H,11H2,1-2H3,(H,26,33)(H,27,34)(H,30,39)(H,35,36)/t12-/m0/s1. The normalized spacial score (nSPS) is 11.9. The number of hydrogen-bond acceptors (Lipinski definition) is 8. The zero-order valence-electron chi connectivity index (χ0n) is 20.6. The number of carboxylic acid groups (broad SMARTS) is 1. The highest BCUT2D eigenvalue weighted by Crippen LogP contribution is 2.17. The lowest BCUT2D eigenvalue weighted by molar-refractivity contribution is 0.0696. The van der Waals surface area contributed by atoms with Gasteiger partial charge in [0.25, 0.3) is 17.6 Å². The van der Waals surface area contributed by atoms with Crippen LogP contribution in [0.3, 0.4) is 0 Å². The van der Waals surface area contributed by atoms with Crippen molar-refractivity contribution in [2.75, 3.05) is 0 Å². The van der Waals surface area contributed by atoms with Gasteiger partial charge in [0.05, 0.1) is 17.1 Å². The monoisotopic (exact) mass is 547 g/mol. The predicted molar refractivity (Wildman–Crippen MR) is 140 cm³/mol. The summed E-state index contributed by atoms with van der Waals surface area (Å²) in [6.07, 6.45) is 0. The van der Waals surface area contributed by atoms with Crippen LogP contribution in [0.1, 0.15) is 55.4 Å². The Bertz CT molecular complexity index is 1880. The summed E-state index contributed by atoms with van der Waals surface area (Å²) >= 11 is 5.25. The molecule has 5 rings (SSSR count). The maximum Gasteiger partial charge on any atom is 0.419 e. The van der Waals surface area contributed by atoms with Crippen molar-refractivity contribution in [1.29, 1.82) is 0 Å². The molecule has 4 N–H and O–H groups in total. The first-order valence-electron chi connectivity index (χ1n) is 11.6. The minimum Gasteiger partial charge on any atom is -0.478 e. The third-order valence-corrected chi connectivity index (χ3v) is 6.44. The lowest BCUT2D eigenvalue weighted by Gasteiger charge is -2.15. The van der Waals surface area contributed by atoms with E-state index in [4.69, 9.17) is 21.7 Å². The first-order valence-corrected chi connectivity index (χ1v) is 12.0. The van der Waals surface area contributed by atoms with Crippen molar-refractivity contribution in [3.63, 3.8) is 0 Å². The summed E-state index contributed by atoms with van der Waals surface area (Å²) in [7, 11) is 1.59. The lowest BCUT2D eigenvalue weighted by Crippen LogP contribution is -2.30. The Balaban J connectivity index is 1.38. The third-order valence-electron chi connectivity index (χ3n) is 6.17. The van der Waals surface area contributed by atoms with Gasteiger partial charge in [0, 0.05) is 13.6 Å². The second-order valence-electron chi connectivity index (χ2n) is 8.72. The van der Waals surface area contributed by atoms with Gasteiger partial charge in [-0.25, -0.2) is 24.1 Å². The molecule has 0 aliphatic carbocycles. The smallest absolute Gasteiger partial charge is 0.419 e. The number of rotatable bonds is 7. The number of oxazole rings is 1. The van der Waals surface area contributed by atoms with Crippen LogP contribution < -0.4 is 16.4 Å². The number of nitrogens with one attached hydrogen (secondary N) is 3. The van der Waals surface area contributed by atoms with Crippen LogP contribution in [-0.4, -0.2) is 47.0 Å². The zero-order chi connectivity index (χ0) is 27.8. The van der Waals surface area contributed by atoms with Gasteiger partial charge in [0.2, 0.25) is 4.77 Å². The highest BCUT2D eigenvalue weighted by atomic mass is 32.1. The Hall–Kier alpha value is -5.11. The van der Waals surface area contributed by atoms with Gasteiger partial charge in [0.1, 0.15) is 11.4 Å². The van der Waals surface area contributed by atoms with E-state index < -0.39 is 29.6 Å². The van der Waals surface area contributed by atoms with E-state index >= 15 is 0 Å². The molecule has 14 heteroatoms. The molecule has 0 saturated carbocycles. The molecule has 0 bridgehead atoms. The van der Waals surface area contributed by atoms with Crippen molar-refractivity contribution in [3.05, 3.63) is 91.9 Å². The molecule has 2 amide bonds. The molecule has 5 aromatic rings. The summed E-state index contributed by atoms with van der Waals surface area (Å²) < 4.78 is 7.92. The number of amides is 2. The van der Waals surface area contributed by atoms with Crippen LogP contribution in [0.4, 0.5) is 0 Å². The summed E-state index contributed by atoms with van der Waals surface area (Å²) in [6, 6.07) is 12.0.